The molecule has 8 nitrogen and oxygen atoms in total. The molecule has 2 atom stereocenters. The fraction of sp³-hybridized carbons (Fsp3) is 0.517. The van der Waals surface area contributed by atoms with Crippen LogP contribution in [0.3, 0.4) is 0 Å². The molecule has 1 saturated carbocycles. The Morgan fingerprint density at radius 2 is 1.95 bits per heavy atom. The number of rotatable bonds is 12. The van der Waals surface area contributed by atoms with Crippen LogP contribution in [0.5, 0.6) is 17.2 Å². The molecule has 2 aromatic heterocycles. The van der Waals surface area contributed by atoms with Crippen LogP contribution in [-0.4, -0.2) is 71.2 Å². The van der Waals surface area contributed by atoms with Crippen LogP contribution in [0.15, 0.2) is 36.7 Å². The number of ketones is 1. The molecule has 1 N–H and O–H groups in total. The third kappa shape index (κ3) is 6.33. The van der Waals surface area contributed by atoms with Gasteiger partial charge in [0, 0.05) is 30.8 Å². The van der Waals surface area contributed by atoms with Crippen molar-refractivity contribution < 1.29 is 32.9 Å². The van der Waals surface area contributed by atoms with Crippen LogP contribution in [0.1, 0.15) is 55.3 Å². The largest absolute Gasteiger partial charge is 0.496 e. The number of methoxy groups -OCH3 is 1. The summed E-state index contributed by atoms with van der Waals surface area (Å²) in [6.07, 6.45) is 9.07. The van der Waals surface area contributed by atoms with Crippen LogP contribution in [0.4, 0.5) is 8.78 Å². The monoisotopic (exact) mass is 543 g/mol. The third-order valence-corrected chi connectivity index (χ3v) is 7.72. The molecule has 0 spiro atoms. The van der Waals surface area contributed by atoms with Gasteiger partial charge in [-0.15, -0.1) is 0 Å². The summed E-state index contributed by atoms with van der Waals surface area (Å²) in [5.74, 6) is -0.0247. The fourth-order valence-electron chi connectivity index (χ4n) is 5.42. The molecule has 2 aliphatic rings. The number of hydrogen-bond acceptors (Lipinski definition) is 7. The number of Topliss-reactive ketones (excluding diaryl/α,β-unsaturated/α-hetero) is 1. The summed E-state index contributed by atoms with van der Waals surface area (Å²) in [6.45, 7) is 0.842. The van der Waals surface area contributed by atoms with Gasteiger partial charge in [-0.05, 0) is 69.3 Å². The number of pyridine rings is 1. The van der Waals surface area contributed by atoms with Crippen molar-refractivity contribution >= 4 is 11.4 Å². The molecule has 0 radical (unpaired) electrons. The van der Waals surface area contributed by atoms with Crippen molar-refractivity contribution in [1.82, 2.24) is 14.3 Å². The van der Waals surface area contributed by atoms with Crippen molar-refractivity contribution in [2.24, 2.45) is 5.92 Å². The molecular formula is C29H35F2N3O5. The highest BCUT2D eigenvalue weighted by molar-refractivity contribution is 6.02. The molecule has 0 bridgehead atoms. The van der Waals surface area contributed by atoms with E-state index in [0.717, 1.165) is 26.1 Å². The molecule has 1 aromatic carbocycles. The smallest absolute Gasteiger partial charge is 0.387 e. The van der Waals surface area contributed by atoms with Crippen molar-refractivity contribution in [2.45, 2.75) is 57.7 Å². The molecule has 1 aliphatic heterocycles. The Kier molecular flexibility index (Phi) is 8.62. The first-order valence-corrected chi connectivity index (χ1v) is 13.6. The summed E-state index contributed by atoms with van der Waals surface area (Å²) in [4.78, 5) is 20.0. The number of carbonyl (C=O) groups is 1. The molecule has 1 saturated heterocycles. The number of aliphatic hydroxyl groups excluding tert-OH is 1. The number of alkyl halides is 2. The van der Waals surface area contributed by atoms with Crippen molar-refractivity contribution in [1.29, 1.82) is 0 Å². The Labute approximate surface area is 226 Å². The van der Waals surface area contributed by atoms with Gasteiger partial charge in [0.15, 0.2) is 5.78 Å². The highest BCUT2D eigenvalue weighted by Gasteiger charge is 2.33. The van der Waals surface area contributed by atoms with E-state index < -0.39 is 18.5 Å². The number of halogens is 2. The molecule has 3 heterocycles. The number of hydrogen-bond donors (Lipinski definition) is 1. The third-order valence-electron chi connectivity index (χ3n) is 7.72. The minimum Gasteiger partial charge on any atom is -0.496 e. The van der Waals surface area contributed by atoms with Gasteiger partial charge < -0.3 is 24.2 Å². The van der Waals surface area contributed by atoms with Gasteiger partial charge in [-0.3, -0.25) is 9.20 Å². The van der Waals surface area contributed by atoms with E-state index in [2.05, 4.69) is 9.88 Å². The predicted octanol–water partition coefficient (Wildman–Crippen LogP) is 5.21. The van der Waals surface area contributed by atoms with Crippen LogP contribution in [-0.2, 0) is 0 Å². The number of likely N-dealkylation sites (tertiary alicyclic amines) is 1. The second kappa shape index (κ2) is 12.3. The molecule has 0 amide bonds. The Bertz CT molecular complexity index is 1290. The van der Waals surface area contributed by atoms with Gasteiger partial charge >= 0.3 is 6.61 Å². The Hall–Kier alpha value is -3.24. The molecule has 10 heteroatoms. The number of piperidine rings is 1. The summed E-state index contributed by atoms with van der Waals surface area (Å²) in [5.41, 5.74) is 1.71. The second-order valence-electron chi connectivity index (χ2n) is 10.3. The number of nitrogens with zero attached hydrogens (tertiary/aromatic N) is 3. The fourth-order valence-corrected chi connectivity index (χ4v) is 5.42. The maximum atomic E-state index is 13.4. The lowest BCUT2D eigenvalue weighted by molar-refractivity contribution is -0.0503. The van der Waals surface area contributed by atoms with E-state index in [0.29, 0.717) is 42.1 Å². The lowest BCUT2D eigenvalue weighted by Crippen LogP contribution is -2.33. The van der Waals surface area contributed by atoms with Gasteiger partial charge in [0.05, 0.1) is 31.7 Å². The normalized spacial score (nSPS) is 19.7. The lowest BCUT2D eigenvalue weighted by atomic mass is 9.78. The molecule has 210 valence electrons. The van der Waals surface area contributed by atoms with Gasteiger partial charge in [-0.25, -0.2) is 4.98 Å². The van der Waals surface area contributed by atoms with Crippen molar-refractivity contribution in [3.63, 3.8) is 0 Å². The van der Waals surface area contributed by atoms with Crippen molar-refractivity contribution in [3.8, 4) is 28.5 Å². The summed E-state index contributed by atoms with van der Waals surface area (Å²) in [6, 6.07) is 6.71. The number of aromatic nitrogens is 2. The number of aliphatic hydroxyl groups is 1. The van der Waals surface area contributed by atoms with Gasteiger partial charge in [0.25, 0.3) is 0 Å². The lowest BCUT2D eigenvalue weighted by Gasteiger charge is -2.32. The molecule has 39 heavy (non-hydrogen) atoms. The van der Waals surface area contributed by atoms with E-state index >= 15 is 0 Å². The summed E-state index contributed by atoms with van der Waals surface area (Å²) >= 11 is 0. The number of carbonyl (C=O) groups excluding carboxylic acids is 1. The number of fused-ring (bicyclic) bond motifs is 1. The Morgan fingerprint density at radius 1 is 1.15 bits per heavy atom. The zero-order chi connectivity index (χ0) is 27.4. The topological polar surface area (TPSA) is 85.5 Å². The molecular weight excluding hydrogens is 508 g/mol. The van der Waals surface area contributed by atoms with Crippen LogP contribution in [0.2, 0.25) is 0 Å². The van der Waals surface area contributed by atoms with Crippen LogP contribution in [0, 0.1) is 5.92 Å². The van der Waals surface area contributed by atoms with E-state index in [-0.39, 0.29) is 29.4 Å². The van der Waals surface area contributed by atoms with E-state index in [1.54, 1.807) is 12.3 Å². The summed E-state index contributed by atoms with van der Waals surface area (Å²) < 4.78 is 44.7. The molecule has 0 unspecified atom stereocenters. The average molecular weight is 544 g/mol. The van der Waals surface area contributed by atoms with Gasteiger partial charge in [-0.1, -0.05) is 6.42 Å². The van der Waals surface area contributed by atoms with E-state index in [9.17, 15) is 18.7 Å². The maximum Gasteiger partial charge on any atom is 0.387 e. The molecule has 3 aromatic rings. The summed E-state index contributed by atoms with van der Waals surface area (Å²) in [7, 11) is 1.38. The first-order chi connectivity index (χ1) is 18.9. The van der Waals surface area contributed by atoms with Gasteiger partial charge in [0.1, 0.15) is 28.5 Å². The highest BCUT2D eigenvalue weighted by Crippen LogP contribution is 2.39. The first kappa shape index (κ1) is 27.3. The quantitative estimate of drug-likeness (QED) is 0.248. The number of imidazole rings is 1. The highest BCUT2D eigenvalue weighted by atomic mass is 19.3. The predicted molar refractivity (Wildman–Crippen MR) is 142 cm³/mol. The van der Waals surface area contributed by atoms with Crippen LogP contribution >= 0.6 is 0 Å². The molecule has 5 rings (SSSR count). The average Bonchev–Trinajstić information content (AvgIpc) is 3.36. The molecule has 1 aliphatic carbocycles. The van der Waals surface area contributed by atoms with E-state index in [4.69, 9.17) is 14.2 Å². The number of ether oxygens (including phenoxy) is 3. The zero-order valence-electron chi connectivity index (χ0n) is 22.2. The van der Waals surface area contributed by atoms with Crippen LogP contribution in [0.25, 0.3) is 16.9 Å². The maximum absolute atomic E-state index is 13.4. The van der Waals surface area contributed by atoms with Crippen molar-refractivity contribution in [3.05, 3.63) is 42.2 Å². The Morgan fingerprint density at radius 3 is 2.64 bits per heavy atom. The van der Waals surface area contributed by atoms with E-state index in [1.165, 1.54) is 32.4 Å². The zero-order valence-corrected chi connectivity index (χ0v) is 22.2. The SMILES string of the molecule is COc1cc(-c2cnc3cc(OCCCN4CCCCC4)ccn23)cc(OC(F)F)c1C(=O)C[C@H]1CC[C@@H]1O. The minimum absolute atomic E-state index is 0.0346. The standard InChI is InChI=1S/C29H35F2N3O5/c1-37-25-15-20(16-26(39-29(30)31)28(25)24(36)14-19-6-7-23(19)35)22-18-32-27-17-21(8-12-34(22)27)38-13-5-11-33-9-3-2-4-10-33/h8,12,15-19,23,29,35H,2-7,9-11,13-14H2,1H3/t19-,23+/m1/s1. The number of benzene rings is 1. The van der Waals surface area contributed by atoms with E-state index in [1.807, 2.05) is 22.7 Å². The Balaban J connectivity index is 1.35. The first-order valence-electron chi connectivity index (χ1n) is 13.6. The van der Waals surface area contributed by atoms with Crippen molar-refractivity contribution in [2.75, 3.05) is 33.4 Å². The van der Waals surface area contributed by atoms with Crippen LogP contribution < -0.4 is 14.2 Å². The van der Waals surface area contributed by atoms with Gasteiger partial charge in [-0.2, -0.15) is 8.78 Å². The van der Waals surface area contributed by atoms with Gasteiger partial charge in [0.2, 0.25) is 0 Å². The summed E-state index contributed by atoms with van der Waals surface area (Å²) in [5, 5.41) is 9.89. The minimum atomic E-state index is -3.12. The molecule has 2 fully saturated rings. The second-order valence-corrected chi connectivity index (χ2v) is 10.3.